The highest BCUT2D eigenvalue weighted by Crippen LogP contribution is 2.31. The predicted molar refractivity (Wildman–Crippen MR) is 95.6 cm³/mol. The van der Waals surface area contributed by atoms with Crippen molar-refractivity contribution in [1.29, 1.82) is 0 Å². The van der Waals surface area contributed by atoms with Gasteiger partial charge in [-0.1, -0.05) is 0 Å². The summed E-state index contributed by atoms with van der Waals surface area (Å²) in [5.74, 6) is 1.46. The molecular formula is C19H22N4O. The molecule has 1 saturated heterocycles. The highest BCUT2D eigenvalue weighted by molar-refractivity contribution is 5.58. The summed E-state index contributed by atoms with van der Waals surface area (Å²) in [7, 11) is 1.70. The van der Waals surface area contributed by atoms with E-state index >= 15 is 0 Å². The average Bonchev–Trinajstić information content (AvgIpc) is 3.33. The van der Waals surface area contributed by atoms with Crippen LogP contribution in [0.5, 0.6) is 5.75 Å². The molecule has 0 unspecified atom stereocenters. The van der Waals surface area contributed by atoms with Gasteiger partial charge < -0.3 is 14.6 Å². The zero-order valence-corrected chi connectivity index (χ0v) is 13.8. The fourth-order valence-corrected chi connectivity index (χ4v) is 3.42. The molecule has 3 aromatic rings. The normalized spacial score (nSPS) is 15.6. The van der Waals surface area contributed by atoms with Gasteiger partial charge in [-0.15, -0.1) is 0 Å². The number of hydrogen-bond donors (Lipinski definition) is 2. The number of nitrogens with one attached hydrogen (secondary N) is 2. The van der Waals surface area contributed by atoms with Crippen molar-refractivity contribution in [3.8, 4) is 17.0 Å². The van der Waals surface area contributed by atoms with E-state index in [9.17, 15) is 0 Å². The summed E-state index contributed by atoms with van der Waals surface area (Å²) >= 11 is 0. The van der Waals surface area contributed by atoms with Gasteiger partial charge in [0.15, 0.2) is 0 Å². The lowest BCUT2D eigenvalue weighted by Gasteiger charge is -2.33. The first kappa shape index (κ1) is 14.9. The molecule has 1 aliphatic heterocycles. The van der Waals surface area contributed by atoms with Crippen molar-refractivity contribution in [2.24, 2.45) is 0 Å². The summed E-state index contributed by atoms with van der Waals surface area (Å²) in [5, 5.41) is 7.69. The molecule has 3 heterocycles. The fraction of sp³-hybridized carbons (Fsp3) is 0.316. The summed E-state index contributed by atoms with van der Waals surface area (Å²) < 4.78 is 5.23. The molecular weight excluding hydrogens is 300 g/mol. The maximum Gasteiger partial charge on any atom is 0.119 e. The van der Waals surface area contributed by atoms with E-state index in [0.29, 0.717) is 5.92 Å². The number of nitrogens with zero attached hydrogens (tertiary/aromatic N) is 2. The molecule has 0 saturated carbocycles. The number of H-pyrrole nitrogens is 2. The second kappa shape index (κ2) is 6.43. The van der Waals surface area contributed by atoms with Crippen LogP contribution >= 0.6 is 0 Å². The fourth-order valence-electron chi connectivity index (χ4n) is 3.42. The van der Waals surface area contributed by atoms with Crippen LogP contribution in [-0.2, 0) is 0 Å². The van der Waals surface area contributed by atoms with Crippen molar-refractivity contribution >= 4 is 5.69 Å². The van der Waals surface area contributed by atoms with Gasteiger partial charge in [0.25, 0.3) is 0 Å². The third kappa shape index (κ3) is 2.89. The zero-order chi connectivity index (χ0) is 16.4. The lowest BCUT2D eigenvalue weighted by molar-refractivity contribution is 0.414. The summed E-state index contributed by atoms with van der Waals surface area (Å²) in [6, 6.07) is 12.6. The molecule has 1 fully saturated rings. The van der Waals surface area contributed by atoms with E-state index in [4.69, 9.17) is 4.74 Å². The Kier molecular flexibility index (Phi) is 3.99. The van der Waals surface area contributed by atoms with Gasteiger partial charge in [0, 0.05) is 48.3 Å². The molecule has 5 heteroatoms. The number of benzene rings is 1. The maximum absolute atomic E-state index is 5.23. The average molecular weight is 322 g/mol. The third-order valence-corrected chi connectivity index (χ3v) is 4.86. The Morgan fingerprint density at radius 1 is 1.12 bits per heavy atom. The molecule has 0 atom stereocenters. The number of hydrogen-bond acceptors (Lipinski definition) is 3. The van der Waals surface area contributed by atoms with Gasteiger partial charge >= 0.3 is 0 Å². The van der Waals surface area contributed by atoms with Gasteiger partial charge in [0.05, 0.1) is 12.8 Å². The van der Waals surface area contributed by atoms with Gasteiger partial charge in [-0.3, -0.25) is 5.10 Å². The quantitative estimate of drug-likeness (QED) is 0.768. The molecule has 124 valence electrons. The van der Waals surface area contributed by atoms with Crippen molar-refractivity contribution in [3.63, 3.8) is 0 Å². The van der Waals surface area contributed by atoms with Crippen LogP contribution in [0.2, 0.25) is 0 Å². The SMILES string of the molecule is COc1ccc(N2CCC(c3cc(-c4cc[nH]c4)n[nH]3)CC2)cc1. The molecule has 0 amide bonds. The molecule has 0 radical (unpaired) electrons. The van der Waals surface area contributed by atoms with Crippen LogP contribution in [0.4, 0.5) is 5.69 Å². The van der Waals surface area contributed by atoms with Crippen LogP contribution in [-0.4, -0.2) is 35.4 Å². The summed E-state index contributed by atoms with van der Waals surface area (Å²) in [6.07, 6.45) is 6.19. The molecule has 24 heavy (non-hydrogen) atoms. The first-order valence-corrected chi connectivity index (χ1v) is 8.41. The summed E-state index contributed by atoms with van der Waals surface area (Å²) in [5.41, 5.74) is 4.67. The van der Waals surface area contributed by atoms with E-state index in [0.717, 1.165) is 42.9 Å². The summed E-state index contributed by atoms with van der Waals surface area (Å²) in [6.45, 7) is 2.13. The van der Waals surface area contributed by atoms with Crippen molar-refractivity contribution in [3.05, 3.63) is 54.5 Å². The van der Waals surface area contributed by atoms with E-state index in [1.807, 2.05) is 30.6 Å². The minimum atomic E-state index is 0.555. The highest BCUT2D eigenvalue weighted by atomic mass is 16.5. The Balaban J connectivity index is 1.40. The first-order chi connectivity index (χ1) is 11.8. The molecule has 1 aliphatic rings. The lowest BCUT2D eigenvalue weighted by atomic mass is 9.93. The third-order valence-electron chi connectivity index (χ3n) is 4.86. The number of aromatic amines is 2. The van der Waals surface area contributed by atoms with E-state index in [-0.39, 0.29) is 0 Å². The van der Waals surface area contributed by atoms with Gasteiger partial charge in [-0.2, -0.15) is 5.10 Å². The number of anilines is 1. The Hall–Kier alpha value is -2.69. The van der Waals surface area contributed by atoms with Crippen LogP contribution < -0.4 is 9.64 Å². The van der Waals surface area contributed by atoms with E-state index in [2.05, 4.69) is 38.3 Å². The lowest BCUT2D eigenvalue weighted by Crippen LogP contribution is -2.32. The predicted octanol–water partition coefficient (Wildman–Crippen LogP) is 3.80. The van der Waals surface area contributed by atoms with Crippen molar-refractivity contribution < 1.29 is 4.74 Å². The molecule has 4 rings (SSSR count). The number of piperidine rings is 1. The molecule has 1 aromatic carbocycles. The number of rotatable bonds is 4. The second-order valence-electron chi connectivity index (χ2n) is 6.27. The van der Waals surface area contributed by atoms with Crippen molar-refractivity contribution in [2.75, 3.05) is 25.1 Å². The largest absolute Gasteiger partial charge is 0.497 e. The molecule has 2 N–H and O–H groups in total. The van der Waals surface area contributed by atoms with Gasteiger partial charge in [0.1, 0.15) is 5.75 Å². The minimum Gasteiger partial charge on any atom is -0.497 e. The molecule has 5 nitrogen and oxygen atoms in total. The smallest absolute Gasteiger partial charge is 0.119 e. The minimum absolute atomic E-state index is 0.555. The Morgan fingerprint density at radius 2 is 1.92 bits per heavy atom. The van der Waals surface area contributed by atoms with E-state index in [1.165, 1.54) is 11.4 Å². The second-order valence-corrected chi connectivity index (χ2v) is 6.27. The van der Waals surface area contributed by atoms with E-state index in [1.54, 1.807) is 7.11 Å². The van der Waals surface area contributed by atoms with Crippen LogP contribution in [0.15, 0.2) is 48.8 Å². The van der Waals surface area contributed by atoms with Crippen molar-refractivity contribution in [2.45, 2.75) is 18.8 Å². The zero-order valence-electron chi connectivity index (χ0n) is 13.8. The standard InChI is InChI=1S/C19H22N4O/c1-24-17-4-2-16(3-5-17)23-10-7-14(8-11-23)18-12-19(22-21-18)15-6-9-20-13-15/h2-6,9,12-14,20H,7-8,10-11H2,1H3,(H,21,22). The molecule has 0 bridgehead atoms. The van der Waals surface area contributed by atoms with Crippen LogP contribution in [0.3, 0.4) is 0 Å². The van der Waals surface area contributed by atoms with Crippen LogP contribution in [0.25, 0.3) is 11.3 Å². The first-order valence-electron chi connectivity index (χ1n) is 8.41. The Morgan fingerprint density at radius 3 is 2.58 bits per heavy atom. The molecule has 0 aliphatic carbocycles. The van der Waals surface area contributed by atoms with E-state index < -0.39 is 0 Å². The molecule has 0 spiro atoms. The molecule has 2 aromatic heterocycles. The number of ether oxygens (including phenoxy) is 1. The topological polar surface area (TPSA) is 56.9 Å². The monoisotopic (exact) mass is 322 g/mol. The number of methoxy groups -OCH3 is 1. The van der Waals surface area contributed by atoms with Gasteiger partial charge in [-0.05, 0) is 49.2 Å². The van der Waals surface area contributed by atoms with Crippen molar-refractivity contribution in [1.82, 2.24) is 15.2 Å². The van der Waals surface area contributed by atoms with Crippen LogP contribution in [0.1, 0.15) is 24.5 Å². The Bertz CT molecular complexity index is 768. The van der Waals surface area contributed by atoms with Crippen LogP contribution in [0, 0.1) is 0 Å². The van der Waals surface area contributed by atoms with Gasteiger partial charge in [-0.25, -0.2) is 0 Å². The maximum atomic E-state index is 5.23. The number of aromatic nitrogens is 3. The highest BCUT2D eigenvalue weighted by Gasteiger charge is 2.22. The van der Waals surface area contributed by atoms with Gasteiger partial charge in [0.2, 0.25) is 0 Å². The Labute approximate surface area is 141 Å². The summed E-state index contributed by atoms with van der Waals surface area (Å²) in [4.78, 5) is 5.52.